The van der Waals surface area contributed by atoms with Gasteiger partial charge in [-0.1, -0.05) is 0 Å². The molecule has 0 saturated heterocycles. The number of terminal acetylenes is 1. The minimum atomic E-state index is -0.513. The SMILES string of the molecule is C#CCCNC(C)C(=O)NC(=O)NC. The van der Waals surface area contributed by atoms with Gasteiger partial charge in [0, 0.05) is 20.0 Å². The maximum atomic E-state index is 11.2. The fraction of sp³-hybridized carbons (Fsp3) is 0.556. The van der Waals surface area contributed by atoms with E-state index in [0.29, 0.717) is 13.0 Å². The molecule has 0 aromatic heterocycles. The largest absolute Gasteiger partial charge is 0.341 e. The Hall–Kier alpha value is -1.54. The Morgan fingerprint density at radius 1 is 1.50 bits per heavy atom. The summed E-state index contributed by atoms with van der Waals surface area (Å²) in [6, 6.07) is -0.943. The van der Waals surface area contributed by atoms with Crippen molar-refractivity contribution in [1.29, 1.82) is 0 Å². The fourth-order valence-corrected chi connectivity index (χ4v) is 0.736. The molecule has 1 atom stereocenters. The summed E-state index contributed by atoms with van der Waals surface area (Å²) in [5, 5.41) is 7.32. The summed E-state index contributed by atoms with van der Waals surface area (Å²) < 4.78 is 0. The van der Waals surface area contributed by atoms with Crippen molar-refractivity contribution in [2.75, 3.05) is 13.6 Å². The summed E-state index contributed by atoms with van der Waals surface area (Å²) in [5.74, 6) is 2.07. The molecule has 14 heavy (non-hydrogen) atoms. The van der Waals surface area contributed by atoms with E-state index >= 15 is 0 Å². The van der Waals surface area contributed by atoms with Gasteiger partial charge in [0.25, 0.3) is 0 Å². The van der Waals surface area contributed by atoms with Gasteiger partial charge < -0.3 is 10.6 Å². The van der Waals surface area contributed by atoms with Crippen molar-refractivity contribution >= 4 is 11.9 Å². The minimum Gasteiger partial charge on any atom is -0.341 e. The number of urea groups is 1. The Kier molecular flexibility index (Phi) is 6.16. The van der Waals surface area contributed by atoms with E-state index in [1.54, 1.807) is 6.92 Å². The first-order valence-corrected chi connectivity index (χ1v) is 4.31. The maximum Gasteiger partial charge on any atom is 0.321 e. The lowest BCUT2D eigenvalue weighted by atomic mass is 10.3. The second-order valence-corrected chi connectivity index (χ2v) is 2.70. The average molecular weight is 197 g/mol. The third-order valence-corrected chi connectivity index (χ3v) is 1.58. The second-order valence-electron chi connectivity index (χ2n) is 2.70. The molecule has 0 aliphatic heterocycles. The van der Waals surface area contributed by atoms with Crippen LogP contribution in [0.15, 0.2) is 0 Å². The number of hydrogen-bond acceptors (Lipinski definition) is 3. The molecular weight excluding hydrogens is 182 g/mol. The molecule has 0 spiro atoms. The van der Waals surface area contributed by atoms with Crippen LogP contribution in [0.5, 0.6) is 0 Å². The van der Waals surface area contributed by atoms with Gasteiger partial charge in [0.1, 0.15) is 0 Å². The van der Waals surface area contributed by atoms with Gasteiger partial charge >= 0.3 is 6.03 Å². The van der Waals surface area contributed by atoms with Crippen LogP contribution in [-0.2, 0) is 4.79 Å². The van der Waals surface area contributed by atoms with Crippen molar-refractivity contribution in [2.24, 2.45) is 0 Å². The summed E-state index contributed by atoms with van der Waals surface area (Å²) in [6.45, 7) is 2.22. The number of amides is 3. The van der Waals surface area contributed by atoms with Crippen molar-refractivity contribution in [2.45, 2.75) is 19.4 Å². The van der Waals surface area contributed by atoms with E-state index in [1.165, 1.54) is 7.05 Å². The van der Waals surface area contributed by atoms with Crippen LogP contribution in [0.25, 0.3) is 0 Å². The summed E-state index contributed by atoms with van der Waals surface area (Å²) in [7, 11) is 1.44. The standard InChI is InChI=1S/C9H15N3O2/c1-4-5-6-11-7(2)8(13)12-9(14)10-3/h1,7,11H,5-6H2,2-3H3,(H2,10,12,13,14). The Balaban J connectivity index is 3.77. The lowest BCUT2D eigenvalue weighted by Crippen LogP contribution is -2.47. The van der Waals surface area contributed by atoms with Crippen molar-refractivity contribution in [3.05, 3.63) is 0 Å². The van der Waals surface area contributed by atoms with Crippen LogP contribution in [0.3, 0.4) is 0 Å². The number of hydrogen-bond donors (Lipinski definition) is 3. The first-order valence-electron chi connectivity index (χ1n) is 4.31. The monoisotopic (exact) mass is 197 g/mol. The summed E-state index contributed by atoms with van der Waals surface area (Å²) in [5.41, 5.74) is 0. The molecule has 5 nitrogen and oxygen atoms in total. The van der Waals surface area contributed by atoms with E-state index < -0.39 is 12.1 Å². The Bertz CT molecular complexity index is 245. The number of carbonyl (C=O) groups excluding carboxylic acids is 2. The highest BCUT2D eigenvalue weighted by molar-refractivity contribution is 5.96. The highest BCUT2D eigenvalue weighted by atomic mass is 16.2. The van der Waals surface area contributed by atoms with E-state index in [1.807, 2.05) is 0 Å². The van der Waals surface area contributed by atoms with E-state index in [0.717, 1.165) is 0 Å². The summed E-state index contributed by atoms with van der Waals surface area (Å²) in [4.78, 5) is 22.0. The quantitative estimate of drug-likeness (QED) is 0.418. The third-order valence-electron chi connectivity index (χ3n) is 1.58. The predicted octanol–water partition coefficient (Wildman–Crippen LogP) is -0.557. The van der Waals surface area contributed by atoms with Gasteiger partial charge in [-0.3, -0.25) is 10.1 Å². The molecule has 0 radical (unpaired) electrons. The Labute approximate surface area is 83.6 Å². The van der Waals surface area contributed by atoms with Crippen molar-refractivity contribution < 1.29 is 9.59 Å². The second kappa shape index (κ2) is 6.92. The summed E-state index contributed by atoms with van der Waals surface area (Å²) >= 11 is 0. The normalized spacial score (nSPS) is 11.2. The van der Waals surface area contributed by atoms with Gasteiger partial charge in [-0.15, -0.1) is 12.3 Å². The van der Waals surface area contributed by atoms with E-state index in [9.17, 15) is 9.59 Å². The molecular formula is C9H15N3O2. The fourth-order valence-electron chi connectivity index (χ4n) is 0.736. The molecule has 0 aromatic rings. The molecule has 78 valence electrons. The molecule has 0 heterocycles. The number of imide groups is 1. The molecule has 0 rings (SSSR count). The van der Waals surface area contributed by atoms with Gasteiger partial charge in [-0.2, -0.15) is 0 Å². The topological polar surface area (TPSA) is 70.2 Å². The lowest BCUT2D eigenvalue weighted by molar-refractivity contribution is -0.121. The highest BCUT2D eigenvalue weighted by Gasteiger charge is 2.13. The lowest BCUT2D eigenvalue weighted by Gasteiger charge is -2.11. The zero-order chi connectivity index (χ0) is 11.0. The van der Waals surface area contributed by atoms with Crippen LogP contribution in [0.2, 0.25) is 0 Å². The van der Waals surface area contributed by atoms with Crippen LogP contribution in [-0.4, -0.2) is 31.6 Å². The molecule has 1 unspecified atom stereocenters. The highest BCUT2D eigenvalue weighted by Crippen LogP contribution is 1.82. The van der Waals surface area contributed by atoms with Crippen LogP contribution >= 0.6 is 0 Å². The summed E-state index contributed by atoms with van der Waals surface area (Å²) in [6.07, 6.45) is 5.59. The van der Waals surface area contributed by atoms with Crippen LogP contribution in [0, 0.1) is 12.3 Å². The molecule has 0 aromatic carbocycles. The van der Waals surface area contributed by atoms with E-state index in [4.69, 9.17) is 6.42 Å². The van der Waals surface area contributed by atoms with Gasteiger partial charge in [0.15, 0.2) is 0 Å². The van der Waals surface area contributed by atoms with Crippen molar-refractivity contribution in [1.82, 2.24) is 16.0 Å². The molecule has 0 fully saturated rings. The maximum absolute atomic E-state index is 11.2. The van der Waals surface area contributed by atoms with E-state index in [-0.39, 0.29) is 5.91 Å². The molecule has 0 bridgehead atoms. The van der Waals surface area contributed by atoms with Gasteiger partial charge in [-0.25, -0.2) is 4.79 Å². The number of carbonyl (C=O) groups is 2. The molecule has 3 N–H and O–H groups in total. The van der Waals surface area contributed by atoms with E-state index in [2.05, 4.69) is 21.9 Å². The third kappa shape index (κ3) is 5.17. The van der Waals surface area contributed by atoms with Gasteiger partial charge in [0.2, 0.25) is 5.91 Å². The number of nitrogens with one attached hydrogen (secondary N) is 3. The van der Waals surface area contributed by atoms with Crippen LogP contribution < -0.4 is 16.0 Å². The zero-order valence-electron chi connectivity index (χ0n) is 8.39. The first kappa shape index (κ1) is 12.5. The zero-order valence-corrected chi connectivity index (χ0v) is 8.39. The molecule has 5 heteroatoms. The van der Waals surface area contributed by atoms with Crippen molar-refractivity contribution in [3.63, 3.8) is 0 Å². The van der Waals surface area contributed by atoms with Gasteiger partial charge in [0.05, 0.1) is 6.04 Å². The molecule has 0 aliphatic carbocycles. The molecule has 0 aliphatic rings. The van der Waals surface area contributed by atoms with Crippen LogP contribution in [0.1, 0.15) is 13.3 Å². The van der Waals surface area contributed by atoms with Crippen LogP contribution in [0.4, 0.5) is 4.79 Å². The van der Waals surface area contributed by atoms with Gasteiger partial charge in [-0.05, 0) is 6.92 Å². The van der Waals surface area contributed by atoms with Crippen molar-refractivity contribution in [3.8, 4) is 12.3 Å². The molecule has 0 saturated carbocycles. The number of rotatable bonds is 4. The minimum absolute atomic E-state index is 0.374. The molecule has 3 amide bonds. The first-order chi connectivity index (χ1) is 6.61. The average Bonchev–Trinajstić information content (AvgIpc) is 2.17. The Morgan fingerprint density at radius 3 is 2.64 bits per heavy atom. The smallest absolute Gasteiger partial charge is 0.321 e. The Morgan fingerprint density at radius 2 is 2.14 bits per heavy atom. The predicted molar refractivity (Wildman–Crippen MR) is 53.5 cm³/mol.